The predicted molar refractivity (Wildman–Crippen MR) is 121 cm³/mol. The summed E-state index contributed by atoms with van der Waals surface area (Å²) in [6, 6.07) is 12.7. The van der Waals surface area contributed by atoms with Crippen LogP contribution >= 0.6 is 24.8 Å². The van der Waals surface area contributed by atoms with Crippen LogP contribution < -0.4 is 5.32 Å². The van der Waals surface area contributed by atoms with Crippen LogP contribution in [0.4, 0.5) is 0 Å². The lowest BCUT2D eigenvalue weighted by Gasteiger charge is -2.31. The molecule has 29 heavy (non-hydrogen) atoms. The third kappa shape index (κ3) is 5.10. The number of carbonyl (C=O) groups is 1. The van der Waals surface area contributed by atoms with Gasteiger partial charge >= 0.3 is 0 Å². The summed E-state index contributed by atoms with van der Waals surface area (Å²) in [6.45, 7) is 6.23. The van der Waals surface area contributed by atoms with Gasteiger partial charge in [-0.15, -0.1) is 24.8 Å². The molecule has 1 amide bonds. The Morgan fingerprint density at radius 3 is 2.62 bits per heavy atom. The average molecular weight is 437 g/mol. The Hall–Kier alpha value is -1.66. The fourth-order valence-corrected chi connectivity index (χ4v) is 4.67. The summed E-state index contributed by atoms with van der Waals surface area (Å²) in [5, 5.41) is 3.52. The molecule has 0 unspecified atom stereocenters. The van der Waals surface area contributed by atoms with E-state index in [4.69, 9.17) is 0 Å². The van der Waals surface area contributed by atoms with Gasteiger partial charge in [-0.25, -0.2) is 0 Å². The number of benzene rings is 1. The molecular weight excluding hydrogens is 407 g/mol. The molecule has 0 aliphatic carbocycles. The largest absolute Gasteiger partial charge is 0.334 e. The normalized spacial score (nSPS) is 22.7. The van der Waals surface area contributed by atoms with Crippen molar-refractivity contribution in [1.29, 1.82) is 0 Å². The molecule has 2 saturated heterocycles. The van der Waals surface area contributed by atoms with Crippen molar-refractivity contribution < 1.29 is 4.79 Å². The van der Waals surface area contributed by atoms with E-state index in [9.17, 15) is 4.79 Å². The van der Waals surface area contributed by atoms with E-state index in [1.54, 1.807) is 12.4 Å². The molecule has 1 N–H and O–H groups in total. The molecule has 3 atom stereocenters. The number of pyridine rings is 1. The summed E-state index contributed by atoms with van der Waals surface area (Å²) < 4.78 is 0. The van der Waals surface area contributed by atoms with E-state index in [0.29, 0.717) is 18.4 Å². The molecule has 1 aromatic carbocycles. The van der Waals surface area contributed by atoms with E-state index in [0.717, 1.165) is 26.2 Å². The predicted octanol–water partition coefficient (Wildman–Crippen LogP) is 3.08. The van der Waals surface area contributed by atoms with Gasteiger partial charge in [-0.1, -0.05) is 24.3 Å². The van der Waals surface area contributed by atoms with Gasteiger partial charge in [0, 0.05) is 44.5 Å². The summed E-state index contributed by atoms with van der Waals surface area (Å²) in [7, 11) is 2.01. The molecule has 5 nitrogen and oxygen atoms in total. The SMILES string of the molecule is Cc1ccccc1[C@H]1[C@H]2CNC[C@H]2CN1C(=O)CN(C)Cc1ccncc1.Cl.Cl. The van der Waals surface area contributed by atoms with E-state index in [2.05, 4.69) is 51.3 Å². The number of fused-ring (bicyclic) bond motifs is 1. The van der Waals surface area contributed by atoms with Crippen LogP contribution in [0.1, 0.15) is 22.7 Å². The van der Waals surface area contributed by atoms with Crippen LogP contribution in [-0.2, 0) is 11.3 Å². The number of hydrogen-bond acceptors (Lipinski definition) is 4. The molecule has 0 saturated carbocycles. The zero-order valence-corrected chi connectivity index (χ0v) is 18.6. The molecule has 4 rings (SSSR count). The van der Waals surface area contributed by atoms with E-state index in [-0.39, 0.29) is 36.8 Å². The number of hydrogen-bond donors (Lipinski definition) is 1. The second-order valence-electron chi connectivity index (χ2n) is 7.96. The number of nitrogens with one attached hydrogen (secondary N) is 1. The number of aromatic nitrogens is 1. The van der Waals surface area contributed by atoms with Crippen molar-refractivity contribution in [2.75, 3.05) is 33.2 Å². The minimum absolute atomic E-state index is 0. The highest BCUT2D eigenvalue weighted by Crippen LogP contribution is 2.43. The number of rotatable bonds is 5. The van der Waals surface area contributed by atoms with Gasteiger partial charge in [0.2, 0.25) is 5.91 Å². The molecule has 2 aliphatic rings. The number of aryl methyl sites for hydroxylation is 1. The number of nitrogens with zero attached hydrogens (tertiary/aromatic N) is 3. The van der Waals surface area contributed by atoms with Crippen molar-refractivity contribution in [3.63, 3.8) is 0 Å². The van der Waals surface area contributed by atoms with Crippen molar-refractivity contribution in [2.45, 2.75) is 19.5 Å². The Bertz CT molecular complexity index is 804. The van der Waals surface area contributed by atoms with E-state index < -0.39 is 0 Å². The van der Waals surface area contributed by atoms with Gasteiger partial charge in [0.1, 0.15) is 0 Å². The first-order valence-corrected chi connectivity index (χ1v) is 9.76. The number of likely N-dealkylation sites (N-methyl/N-ethyl adjacent to an activating group) is 1. The Kier molecular flexibility index (Phi) is 8.46. The van der Waals surface area contributed by atoms with Crippen LogP contribution in [0, 0.1) is 18.8 Å². The molecule has 2 fully saturated rings. The number of carbonyl (C=O) groups excluding carboxylic acids is 1. The number of halogens is 2. The summed E-state index contributed by atoms with van der Waals surface area (Å²) in [6.07, 6.45) is 3.60. The van der Waals surface area contributed by atoms with Gasteiger partial charge in [0.15, 0.2) is 0 Å². The molecule has 1 aromatic heterocycles. The lowest BCUT2D eigenvalue weighted by atomic mass is 9.87. The lowest BCUT2D eigenvalue weighted by molar-refractivity contribution is -0.133. The summed E-state index contributed by atoms with van der Waals surface area (Å²) in [4.78, 5) is 21.5. The number of likely N-dealkylation sites (tertiary alicyclic amines) is 1. The third-order valence-corrected chi connectivity index (χ3v) is 6.00. The fraction of sp³-hybridized carbons (Fsp3) is 0.455. The van der Waals surface area contributed by atoms with Crippen LogP contribution in [0.25, 0.3) is 0 Å². The maximum atomic E-state index is 13.2. The number of amides is 1. The topological polar surface area (TPSA) is 48.5 Å². The Morgan fingerprint density at radius 2 is 1.90 bits per heavy atom. The smallest absolute Gasteiger partial charge is 0.237 e. The third-order valence-electron chi connectivity index (χ3n) is 6.00. The second-order valence-corrected chi connectivity index (χ2v) is 7.96. The Balaban J connectivity index is 0.00000150. The van der Waals surface area contributed by atoms with Gasteiger partial charge in [-0.2, -0.15) is 0 Å². The van der Waals surface area contributed by atoms with Crippen LogP contribution in [0.2, 0.25) is 0 Å². The van der Waals surface area contributed by atoms with E-state index >= 15 is 0 Å². The molecule has 2 aliphatic heterocycles. The molecular formula is C22H30Cl2N4O. The summed E-state index contributed by atoms with van der Waals surface area (Å²) >= 11 is 0. The first-order valence-electron chi connectivity index (χ1n) is 9.76. The van der Waals surface area contributed by atoms with Crippen molar-refractivity contribution in [3.05, 3.63) is 65.5 Å². The van der Waals surface area contributed by atoms with Crippen molar-refractivity contribution in [1.82, 2.24) is 20.1 Å². The molecule has 2 aromatic rings. The van der Waals surface area contributed by atoms with Crippen molar-refractivity contribution in [2.24, 2.45) is 11.8 Å². The van der Waals surface area contributed by atoms with E-state index in [1.165, 1.54) is 16.7 Å². The fourth-order valence-electron chi connectivity index (χ4n) is 4.67. The second kappa shape index (κ2) is 10.4. The molecule has 0 bridgehead atoms. The minimum Gasteiger partial charge on any atom is -0.334 e. The molecule has 0 spiro atoms. The first-order chi connectivity index (χ1) is 13.1. The average Bonchev–Trinajstić information content (AvgIpc) is 3.24. The van der Waals surface area contributed by atoms with Crippen LogP contribution in [0.3, 0.4) is 0 Å². The Morgan fingerprint density at radius 1 is 1.17 bits per heavy atom. The van der Waals surface area contributed by atoms with Crippen molar-refractivity contribution in [3.8, 4) is 0 Å². The highest BCUT2D eigenvalue weighted by atomic mass is 35.5. The van der Waals surface area contributed by atoms with E-state index in [1.807, 2.05) is 19.2 Å². The zero-order chi connectivity index (χ0) is 18.8. The highest BCUT2D eigenvalue weighted by Gasteiger charge is 2.46. The van der Waals surface area contributed by atoms with Gasteiger partial charge in [-0.3, -0.25) is 14.7 Å². The zero-order valence-electron chi connectivity index (χ0n) is 17.0. The monoisotopic (exact) mass is 436 g/mol. The van der Waals surface area contributed by atoms with Crippen molar-refractivity contribution >= 4 is 30.7 Å². The molecule has 7 heteroatoms. The highest BCUT2D eigenvalue weighted by molar-refractivity contribution is 5.85. The maximum Gasteiger partial charge on any atom is 0.237 e. The van der Waals surface area contributed by atoms with Crippen LogP contribution in [0.5, 0.6) is 0 Å². The lowest BCUT2D eigenvalue weighted by Crippen LogP contribution is -2.40. The standard InChI is InChI=1S/C22H28N4O.2ClH/c1-16-5-3-4-6-19(16)22-20-12-24-11-18(20)14-26(22)21(27)15-25(2)13-17-7-9-23-10-8-17;;/h3-10,18,20,22,24H,11-15H2,1-2H3;2*1H/t18-,20-,22-;;/m0../s1. The Labute approximate surface area is 185 Å². The van der Waals surface area contributed by atoms with Crippen LogP contribution in [-0.4, -0.2) is 53.9 Å². The molecule has 158 valence electrons. The van der Waals surface area contributed by atoms with Crippen LogP contribution in [0.15, 0.2) is 48.8 Å². The maximum absolute atomic E-state index is 13.2. The van der Waals surface area contributed by atoms with Gasteiger partial charge in [0.25, 0.3) is 0 Å². The first kappa shape index (κ1) is 23.6. The molecule has 0 radical (unpaired) electrons. The van der Waals surface area contributed by atoms with Gasteiger partial charge in [-0.05, 0) is 48.7 Å². The molecule has 3 heterocycles. The minimum atomic E-state index is 0. The summed E-state index contributed by atoms with van der Waals surface area (Å²) in [5.74, 6) is 1.30. The quantitative estimate of drug-likeness (QED) is 0.781. The van der Waals surface area contributed by atoms with Gasteiger partial charge < -0.3 is 10.2 Å². The van der Waals surface area contributed by atoms with Gasteiger partial charge in [0.05, 0.1) is 12.6 Å². The summed E-state index contributed by atoms with van der Waals surface area (Å²) in [5.41, 5.74) is 3.76.